The molecule has 0 N–H and O–H groups in total. The standard InChI is InChI=1S/C25H31F3/c1-2-3-4-17-5-6-19-14-20(8-7-18(19)13-17)21-9-10-23-16-24(25(26,27)28)12-11-22(23)15-21/h9-12,15-20H,2-8,13-14H2,1H3. The number of benzene rings is 2. The molecular weight excluding hydrogens is 357 g/mol. The van der Waals surface area contributed by atoms with E-state index >= 15 is 0 Å². The summed E-state index contributed by atoms with van der Waals surface area (Å²) in [6.07, 6.45) is 7.82. The highest BCUT2D eigenvalue weighted by Crippen LogP contribution is 2.48. The smallest absolute Gasteiger partial charge is 0.166 e. The fourth-order valence-electron chi connectivity index (χ4n) is 5.74. The number of unbranched alkanes of at least 4 members (excludes halogenated alkanes) is 1. The van der Waals surface area contributed by atoms with E-state index in [1.54, 1.807) is 6.07 Å². The molecule has 2 saturated carbocycles. The largest absolute Gasteiger partial charge is 0.416 e. The van der Waals surface area contributed by atoms with Gasteiger partial charge in [0.15, 0.2) is 0 Å². The highest BCUT2D eigenvalue weighted by molar-refractivity contribution is 5.84. The van der Waals surface area contributed by atoms with Gasteiger partial charge in [-0.25, -0.2) is 0 Å². The molecule has 4 rings (SSSR count). The Bertz CT molecular complexity index is 807. The Balaban J connectivity index is 1.45. The molecule has 0 nitrogen and oxygen atoms in total. The quantitative estimate of drug-likeness (QED) is 0.493. The first-order valence-corrected chi connectivity index (χ1v) is 11.0. The number of halogens is 3. The van der Waals surface area contributed by atoms with Gasteiger partial charge in [0.1, 0.15) is 0 Å². The Morgan fingerprint density at radius 1 is 0.857 bits per heavy atom. The third-order valence-electron chi connectivity index (χ3n) is 7.35. The molecule has 0 saturated heterocycles. The summed E-state index contributed by atoms with van der Waals surface area (Å²) in [5.74, 6) is 3.27. The maximum Gasteiger partial charge on any atom is 0.416 e. The van der Waals surface area contributed by atoms with Crippen molar-refractivity contribution in [3.63, 3.8) is 0 Å². The van der Waals surface area contributed by atoms with Gasteiger partial charge in [0, 0.05) is 0 Å². The third-order valence-corrected chi connectivity index (χ3v) is 7.35. The van der Waals surface area contributed by atoms with Crippen molar-refractivity contribution in [1.82, 2.24) is 0 Å². The molecule has 0 radical (unpaired) electrons. The van der Waals surface area contributed by atoms with Crippen molar-refractivity contribution in [3.05, 3.63) is 47.5 Å². The maximum atomic E-state index is 12.9. The highest BCUT2D eigenvalue weighted by atomic mass is 19.4. The average Bonchev–Trinajstić information content (AvgIpc) is 2.70. The molecule has 2 aromatic carbocycles. The predicted octanol–water partition coefficient (Wildman–Crippen LogP) is 8.35. The normalized spacial score (nSPS) is 28.3. The molecule has 0 bridgehead atoms. The van der Waals surface area contributed by atoms with Gasteiger partial charge >= 0.3 is 6.18 Å². The van der Waals surface area contributed by atoms with Gasteiger partial charge in [0.2, 0.25) is 0 Å². The van der Waals surface area contributed by atoms with Gasteiger partial charge < -0.3 is 0 Å². The summed E-state index contributed by atoms with van der Waals surface area (Å²) in [4.78, 5) is 0. The highest BCUT2D eigenvalue weighted by Gasteiger charge is 2.36. The molecule has 2 aromatic rings. The van der Waals surface area contributed by atoms with Crippen LogP contribution in [0, 0.1) is 17.8 Å². The first-order chi connectivity index (χ1) is 13.4. The molecule has 0 amide bonds. The fraction of sp³-hybridized carbons (Fsp3) is 0.600. The lowest BCUT2D eigenvalue weighted by Gasteiger charge is -2.42. The van der Waals surface area contributed by atoms with Crippen LogP contribution in [0.25, 0.3) is 10.8 Å². The van der Waals surface area contributed by atoms with E-state index in [1.165, 1.54) is 75.5 Å². The summed E-state index contributed by atoms with van der Waals surface area (Å²) in [7, 11) is 0. The van der Waals surface area contributed by atoms with E-state index in [9.17, 15) is 13.2 Å². The van der Waals surface area contributed by atoms with Crippen molar-refractivity contribution >= 4 is 10.8 Å². The van der Waals surface area contributed by atoms with E-state index in [4.69, 9.17) is 0 Å². The molecule has 2 fully saturated rings. The molecule has 4 atom stereocenters. The maximum absolute atomic E-state index is 12.9. The van der Waals surface area contributed by atoms with E-state index in [0.29, 0.717) is 11.3 Å². The summed E-state index contributed by atoms with van der Waals surface area (Å²) >= 11 is 0. The van der Waals surface area contributed by atoms with Crippen LogP contribution in [0.15, 0.2) is 36.4 Å². The minimum Gasteiger partial charge on any atom is -0.166 e. The Kier molecular flexibility index (Phi) is 5.71. The zero-order chi connectivity index (χ0) is 19.7. The van der Waals surface area contributed by atoms with E-state index in [0.717, 1.165) is 23.1 Å². The molecule has 0 aliphatic heterocycles. The van der Waals surface area contributed by atoms with Gasteiger partial charge in [-0.15, -0.1) is 0 Å². The Morgan fingerprint density at radius 2 is 1.57 bits per heavy atom. The van der Waals surface area contributed by atoms with Gasteiger partial charge in [0.05, 0.1) is 5.56 Å². The van der Waals surface area contributed by atoms with E-state index in [1.807, 2.05) is 6.07 Å². The second-order valence-electron chi connectivity index (χ2n) is 9.17. The van der Waals surface area contributed by atoms with E-state index in [2.05, 4.69) is 19.1 Å². The van der Waals surface area contributed by atoms with Crippen molar-refractivity contribution in [1.29, 1.82) is 0 Å². The van der Waals surface area contributed by atoms with Crippen LogP contribution in [-0.4, -0.2) is 0 Å². The SMILES string of the molecule is CCCCC1CCC2CC(c3ccc4cc(C(F)(F)F)ccc4c3)CCC2C1. The van der Waals surface area contributed by atoms with Crippen LogP contribution in [0.5, 0.6) is 0 Å². The molecule has 152 valence electrons. The molecule has 2 aliphatic rings. The number of alkyl halides is 3. The monoisotopic (exact) mass is 388 g/mol. The van der Waals surface area contributed by atoms with Gasteiger partial charge in [-0.2, -0.15) is 13.2 Å². The zero-order valence-corrected chi connectivity index (χ0v) is 16.8. The minimum absolute atomic E-state index is 0.562. The number of hydrogen-bond acceptors (Lipinski definition) is 0. The summed E-state index contributed by atoms with van der Waals surface area (Å²) in [6, 6.07) is 10.2. The van der Waals surface area contributed by atoms with Crippen LogP contribution in [0.2, 0.25) is 0 Å². The number of hydrogen-bond donors (Lipinski definition) is 0. The van der Waals surface area contributed by atoms with Gasteiger partial charge in [0.25, 0.3) is 0 Å². The summed E-state index contributed by atoms with van der Waals surface area (Å²) < 4.78 is 38.8. The van der Waals surface area contributed by atoms with Crippen molar-refractivity contribution in [2.45, 2.75) is 76.8 Å². The van der Waals surface area contributed by atoms with Gasteiger partial charge in [-0.3, -0.25) is 0 Å². The molecule has 4 unspecified atom stereocenters. The van der Waals surface area contributed by atoms with Crippen LogP contribution in [0.1, 0.15) is 81.8 Å². The van der Waals surface area contributed by atoms with E-state index < -0.39 is 11.7 Å². The topological polar surface area (TPSA) is 0 Å². The van der Waals surface area contributed by atoms with Crippen LogP contribution >= 0.6 is 0 Å². The number of fused-ring (bicyclic) bond motifs is 2. The molecule has 28 heavy (non-hydrogen) atoms. The average molecular weight is 389 g/mol. The molecular formula is C25H31F3. The summed E-state index contributed by atoms with van der Waals surface area (Å²) in [5.41, 5.74) is 0.756. The minimum atomic E-state index is -4.28. The van der Waals surface area contributed by atoms with E-state index in [-0.39, 0.29) is 0 Å². The molecule has 3 heteroatoms. The van der Waals surface area contributed by atoms with Crippen LogP contribution in [0.3, 0.4) is 0 Å². The lowest BCUT2D eigenvalue weighted by Crippen LogP contribution is -2.30. The van der Waals surface area contributed by atoms with Crippen LogP contribution in [0.4, 0.5) is 13.2 Å². The van der Waals surface area contributed by atoms with Crippen molar-refractivity contribution in [2.24, 2.45) is 17.8 Å². The Labute approximate surface area is 166 Å². The molecule has 0 heterocycles. The molecule has 0 spiro atoms. The summed E-state index contributed by atoms with van der Waals surface area (Å²) in [5, 5.41) is 1.61. The Morgan fingerprint density at radius 3 is 2.36 bits per heavy atom. The molecule has 0 aromatic heterocycles. The lowest BCUT2D eigenvalue weighted by atomic mass is 9.63. The lowest BCUT2D eigenvalue weighted by molar-refractivity contribution is -0.137. The van der Waals surface area contributed by atoms with Crippen molar-refractivity contribution in [2.75, 3.05) is 0 Å². The molecule has 2 aliphatic carbocycles. The second-order valence-corrected chi connectivity index (χ2v) is 9.17. The summed E-state index contributed by atoms with van der Waals surface area (Å²) in [6.45, 7) is 2.28. The van der Waals surface area contributed by atoms with Gasteiger partial charge in [-0.1, -0.05) is 56.9 Å². The van der Waals surface area contributed by atoms with Crippen molar-refractivity contribution < 1.29 is 13.2 Å². The van der Waals surface area contributed by atoms with Crippen LogP contribution in [-0.2, 0) is 6.18 Å². The first-order valence-electron chi connectivity index (χ1n) is 11.0. The van der Waals surface area contributed by atoms with Gasteiger partial charge in [-0.05, 0) is 84.2 Å². The van der Waals surface area contributed by atoms with Crippen molar-refractivity contribution in [3.8, 4) is 0 Å². The third kappa shape index (κ3) is 4.23. The Hall–Kier alpha value is -1.51. The number of rotatable bonds is 4. The first kappa shape index (κ1) is 19.8. The van der Waals surface area contributed by atoms with Crippen LogP contribution < -0.4 is 0 Å². The zero-order valence-electron chi connectivity index (χ0n) is 16.8. The predicted molar refractivity (Wildman–Crippen MR) is 109 cm³/mol. The fourth-order valence-corrected chi connectivity index (χ4v) is 5.74. The second kappa shape index (κ2) is 8.08.